The molecule has 1 N–H and O–H groups in total. The summed E-state index contributed by atoms with van der Waals surface area (Å²) in [7, 11) is 0. The van der Waals surface area contributed by atoms with E-state index in [9.17, 15) is 4.39 Å². The number of benzene rings is 1. The number of hydrogen-bond acceptors (Lipinski definition) is 1. The van der Waals surface area contributed by atoms with E-state index in [1.54, 1.807) is 6.07 Å². The van der Waals surface area contributed by atoms with Crippen LogP contribution in [0.5, 0.6) is 0 Å². The number of allylic oxidation sites excluding steroid dienone is 1. The van der Waals surface area contributed by atoms with Crippen LogP contribution < -0.4 is 5.32 Å². The zero-order valence-electron chi connectivity index (χ0n) is 12.8. The third kappa shape index (κ3) is 4.65. The lowest BCUT2D eigenvalue weighted by Gasteiger charge is -2.25. The van der Waals surface area contributed by atoms with Gasteiger partial charge in [-0.2, -0.15) is 0 Å². The average Bonchev–Trinajstić information content (AvgIpc) is 2.44. The van der Waals surface area contributed by atoms with Crippen LogP contribution in [0.3, 0.4) is 0 Å². The summed E-state index contributed by atoms with van der Waals surface area (Å²) in [6.07, 6.45) is 10.9. The first kappa shape index (κ1) is 16.7. The number of hydrogen-bond donors (Lipinski definition) is 1. The van der Waals surface area contributed by atoms with Gasteiger partial charge < -0.3 is 5.32 Å². The van der Waals surface area contributed by atoms with Crippen LogP contribution in [0.2, 0.25) is 0 Å². The summed E-state index contributed by atoms with van der Waals surface area (Å²) >= 11 is 3.43. The third-order valence-electron chi connectivity index (χ3n) is 4.09. The van der Waals surface area contributed by atoms with Gasteiger partial charge in [0.2, 0.25) is 0 Å². The maximum atomic E-state index is 13.9. The van der Waals surface area contributed by atoms with Gasteiger partial charge >= 0.3 is 0 Å². The second kappa shape index (κ2) is 8.70. The van der Waals surface area contributed by atoms with Crippen molar-refractivity contribution in [1.82, 2.24) is 5.32 Å². The Kier molecular flexibility index (Phi) is 6.91. The second-order valence-corrected chi connectivity index (χ2v) is 6.56. The van der Waals surface area contributed by atoms with Gasteiger partial charge in [-0.1, -0.05) is 43.5 Å². The molecule has 1 aliphatic carbocycles. The molecule has 0 saturated carbocycles. The molecule has 0 fully saturated rings. The van der Waals surface area contributed by atoms with E-state index in [0.717, 1.165) is 31.4 Å². The Hall–Kier alpha value is -0.670. The van der Waals surface area contributed by atoms with Gasteiger partial charge in [0, 0.05) is 0 Å². The molecule has 0 radical (unpaired) electrons. The largest absolute Gasteiger partial charge is 0.306 e. The minimum atomic E-state index is -0.178. The molecule has 21 heavy (non-hydrogen) atoms. The molecule has 0 bridgehead atoms. The monoisotopic (exact) mass is 353 g/mol. The average molecular weight is 354 g/mol. The zero-order chi connectivity index (χ0) is 15.1. The van der Waals surface area contributed by atoms with E-state index >= 15 is 0 Å². The van der Waals surface area contributed by atoms with Gasteiger partial charge in [-0.05, 0) is 66.2 Å². The van der Waals surface area contributed by atoms with Crippen molar-refractivity contribution in [2.24, 2.45) is 0 Å². The summed E-state index contributed by atoms with van der Waals surface area (Å²) in [5.41, 5.74) is 2.45. The SMILES string of the molecule is CCCNC(/C1=C/CCCCCC1)c1cccc(F)c1Br. The summed E-state index contributed by atoms with van der Waals surface area (Å²) in [6, 6.07) is 5.48. The van der Waals surface area contributed by atoms with E-state index in [4.69, 9.17) is 0 Å². The maximum absolute atomic E-state index is 13.9. The van der Waals surface area contributed by atoms with Crippen LogP contribution in [0.4, 0.5) is 4.39 Å². The van der Waals surface area contributed by atoms with E-state index < -0.39 is 0 Å². The van der Waals surface area contributed by atoms with Gasteiger partial charge in [-0.3, -0.25) is 0 Å². The molecule has 0 saturated heterocycles. The van der Waals surface area contributed by atoms with Crippen LogP contribution >= 0.6 is 15.9 Å². The zero-order valence-corrected chi connectivity index (χ0v) is 14.4. The summed E-state index contributed by atoms with van der Waals surface area (Å²) < 4.78 is 14.5. The quantitative estimate of drug-likeness (QED) is 0.648. The predicted octanol–water partition coefficient (Wildman–Crippen LogP) is 5.91. The Labute approximate surface area is 136 Å². The van der Waals surface area contributed by atoms with Gasteiger partial charge in [0.1, 0.15) is 5.82 Å². The lowest BCUT2D eigenvalue weighted by Crippen LogP contribution is -2.25. The first-order valence-corrected chi connectivity index (χ1v) is 8.89. The highest BCUT2D eigenvalue weighted by Crippen LogP contribution is 2.34. The Balaban J connectivity index is 2.30. The van der Waals surface area contributed by atoms with E-state index in [0.29, 0.717) is 4.47 Å². The second-order valence-electron chi connectivity index (χ2n) is 5.76. The lowest BCUT2D eigenvalue weighted by molar-refractivity contribution is 0.534. The molecule has 1 aromatic rings. The predicted molar refractivity (Wildman–Crippen MR) is 90.9 cm³/mol. The number of nitrogens with one attached hydrogen (secondary N) is 1. The summed E-state index contributed by atoms with van der Waals surface area (Å²) in [6.45, 7) is 3.11. The highest BCUT2D eigenvalue weighted by molar-refractivity contribution is 9.10. The molecular weight excluding hydrogens is 329 g/mol. The molecule has 2 rings (SSSR count). The molecule has 0 aromatic heterocycles. The Morgan fingerprint density at radius 2 is 2.05 bits per heavy atom. The minimum Gasteiger partial charge on any atom is -0.306 e. The molecule has 0 spiro atoms. The fourth-order valence-electron chi connectivity index (χ4n) is 2.95. The van der Waals surface area contributed by atoms with E-state index in [-0.39, 0.29) is 11.9 Å². The lowest BCUT2D eigenvalue weighted by atomic mass is 9.90. The number of halogens is 2. The van der Waals surface area contributed by atoms with E-state index in [1.165, 1.54) is 37.3 Å². The van der Waals surface area contributed by atoms with E-state index in [1.807, 2.05) is 6.07 Å². The highest BCUT2D eigenvalue weighted by atomic mass is 79.9. The van der Waals surface area contributed by atoms with E-state index in [2.05, 4.69) is 34.2 Å². The fraction of sp³-hybridized carbons (Fsp3) is 0.556. The Bertz CT molecular complexity index is 484. The summed E-state index contributed by atoms with van der Waals surface area (Å²) in [4.78, 5) is 0. The topological polar surface area (TPSA) is 12.0 Å². The molecule has 3 heteroatoms. The molecule has 0 amide bonds. The smallest absolute Gasteiger partial charge is 0.137 e. The molecule has 0 aliphatic heterocycles. The van der Waals surface area contributed by atoms with Gasteiger partial charge in [-0.25, -0.2) is 4.39 Å². The van der Waals surface area contributed by atoms with Gasteiger partial charge in [-0.15, -0.1) is 0 Å². The van der Waals surface area contributed by atoms with Crippen molar-refractivity contribution in [2.45, 2.75) is 57.9 Å². The molecular formula is C18H25BrFN. The van der Waals surface area contributed by atoms with Gasteiger partial charge in [0.05, 0.1) is 10.5 Å². The molecule has 0 heterocycles. The maximum Gasteiger partial charge on any atom is 0.137 e. The van der Waals surface area contributed by atoms with Crippen LogP contribution in [0, 0.1) is 5.82 Å². The first-order chi connectivity index (χ1) is 10.2. The van der Waals surface area contributed by atoms with Crippen molar-refractivity contribution in [3.8, 4) is 0 Å². The van der Waals surface area contributed by atoms with Crippen molar-refractivity contribution in [3.05, 3.63) is 45.7 Å². The van der Waals surface area contributed by atoms with Crippen molar-refractivity contribution in [1.29, 1.82) is 0 Å². The Morgan fingerprint density at radius 1 is 1.24 bits per heavy atom. The normalized spacial score (nSPS) is 20.2. The molecule has 1 aliphatic rings. The van der Waals surface area contributed by atoms with Crippen molar-refractivity contribution < 1.29 is 4.39 Å². The summed E-state index contributed by atoms with van der Waals surface area (Å²) in [5, 5.41) is 3.61. The molecule has 116 valence electrons. The van der Waals surface area contributed by atoms with Gasteiger partial charge in [0.15, 0.2) is 0 Å². The molecule has 1 aromatic carbocycles. The molecule has 1 atom stereocenters. The highest BCUT2D eigenvalue weighted by Gasteiger charge is 2.20. The standard InChI is InChI=1S/C18H25BrFN/c1-2-13-21-18(14-9-6-4-3-5-7-10-14)15-11-8-12-16(20)17(15)19/h8-9,11-12,18,21H,2-7,10,13H2,1H3/b14-9+. The summed E-state index contributed by atoms with van der Waals surface area (Å²) in [5.74, 6) is -0.178. The molecule has 1 unspecified atom stereocenters. The van der Waals surface area contributed by atoms with Crippen LogP contribution in [0.25, 0.3) is 0 Å². The van der Waals surface area contributed by atoms with Gasteiger partial charge in [0.25, 0.3) is 0 Å². The first-order valence-electron chi connectivity index (χ1n) is 8.10. The third-order valence-corrected chi connectivity index (χ3v) is 4.92. The fourth-order valence-corrected chi connectivity index (χ4v) is 3.44. The minimum absolute atomic E-state index is 0.133. The number of rotatable bonds is 5. The van der Waals surface area contributed by atoms with Crippen molar-refractivity contribution in [3.63, 3.8) is 0 Å². The van der Waals surface area contributed by atoms with Crippen LogP contribution in [-0.4, -0.2) is 6.54 Å². The van der Waals surface area contributed by atoms with Crippen molar-refractivity contribution >= 4 is 15.9 Å². The molecule has 1 nitrogen and oxygen atoms in total. The van der Waals surface area contributed by atoms with Crippen molar-refractivity contribution in [2.75, 3.05) is 6.54 Å². The van der Waals surface area contributed by atoms with Crippen LogP contribution in [0.1, 0.15) is 63.5 Å². The van der Waals surface area contributed by atoms with Crippen LogP contribution in [-0.2, 0) is 0 Å². The Morgan fingerprint density at radius 3 is 2.86 bits per heavy atom. The van der Waals surface area contributed by atoms with Crippen LogP contribution in [0.15, 0.2) is 34.3 Å².